The Morgan fingerprint density at radius 3 is 2.93 bits per heavy atom. The largest absolute Gasteiger partial charge is 0.384 e. The van der Waals surface area contributed by atoms with E-state index >= 15 is 0 Å². The van der Waals surface area contributed by atoms with Crippen LogP contribution in [0.4, 0.5) is 5.82 Å². The van der Waals surface area contributed by atoms with Gasteiger partial charge in [0.2, 0.25) is 0 Å². The van der Waals surface area contributed by atoms with Crippen molar-refractivity contribution < 1.29 is 0 Å². The Hall–Kier alpha value is -1.91. The molecule has 5 nitrogen and oxygen atoms in total. The first kappa shape index (κ1) is 8.68. The van der Waals surface area contributed by atoms with Gasteiger partial charge >= 0.3 is 0 Å². The summed E-state index contributed by atoms with van der Waals surface area (Å²) in [7, 11) is 0. The third kappa shape index (κ3) is 1.56. The summed E-state index contributed by atoms with van der Waals surface area (Å²) in [5, 5.41) is 0. The van der Waals surface area contributed by atoms with Gasteiger partial charge in [-0.2, -0.15) is 0 Å². The average Bonchev–Trinajstić information content (AvgIpc) is 2.69. The molecule has 2 rings (SSSR count). The Kier molecular flexibility index (Phi) is 2.14. The smallest absolute Gasteiger partial charge is 0.143 e. The van der Waals surface area contributed by atoms with Gasteiger partial charge in [0, 0.05) is 24.9 Å². The lowest BCUT2D eigenvalue weighted by atomic mass is 10.4. The number of anilines is 1. The van der Waals surface area contributed by atoms with Crippen LogP contribution in [0.15, 0.2) is 24.8 Å². The van der Waals surface area contributed by atoms with Crippen LogP contribution in [-0.2, 0) is 6.42 Å². The average molecular weight is 189 g/mol. The fourth-order valence-electron chi connectivity index (χ4n) is 1.19. The highest BCUT2D eigenvalue weighted by atomic mass is 15.1. The van der Waals surface area contributed by atoms with E-state index in [2.05, 4.69) is 15.0 Å². The van der Waals surface area contributed by atoms with E-state index in [1.807, 2.05) is 13.1 Å². The molecule has 2 aromatic heterocycles. The third-order valence-corrected chi connectivity index (χ3v) is 1.86. The highest BCUT2D eigenvalue weighted by Gasteiger charge is 2.02. The summed E-state index contributed by atoms with van der Waals surface area (Å²) in [6.07, 6.45) is 5.97. The number of nitrogens with zero attached hydrogens (tertiary/aromatic N) is 4. The highest BCUT2D eigenvalue weighted by molar-refractivity contribution is 5.37. The van der Waals surface area contributed by atoms with Crippen molar-refractivity contribution in [2.24, 2.45) is 0 Å². The van der Waals surface area contributed by atoms with Crippen molar-refractivity contribution in [1.29, 1.82) is 0 Å². The van der Waals surface area contributed by atoms with Crippen LogP contribution >= 0.6 is 0 Å². The van der Waals surface area contributed by atoms with Crippen LogP contribution in [0, 0.1) is 0 Å². The predicted octanol–water partition coefficient (Wildman–Crippen LogP) is 0.807. The summed E-state index contributed by atoms with van der Waals surface area (Å²) in [6.45, 7) is 1.99. The molecule has 14 heavy (non-hydrogen) atoms. The fraction of sp³-hybridized carbons (Fsp3) is 0.222. The van der Waals surface area contributed by atoms with Crippen molar-refractivity contribution in [3.05, 3.63) is 30.6 Å². The van der Waals surface area contributed by atoms with Crippen LogP contribution in [0.3, 0.4) is 0 Å². The van der Waals surface area contributed by atoms with Gasteiger partial charge in [0.15, 0.2) is 0 Å². The molecular weight excluding hydrogens is 178 g/mol. The van der Waals surface area contributed by atoms with Gasteiger partial charge in [0.1, 0.15) is 23.8 Å². The standard InChI is InChI=1S/C9H11N5/c1-2-8-12-7(10)5-9(13-8)14-4-3-11-6-14/h3-6H,2H2,1H3,(H2,10,12,13). The lowest BCUT2D eigenvalue weighted by molar-refractivity contribution is 0.891. The zero-order valence-corrected chi connectivity index (χ0v) is 7.88. The second-order valence-electron chi connectivity index (χ2n) is 2.89. The first-order valence-corrected chi connectivity index (χ1v) is 4.41. The molecule has 0 amide bonds. The topological polar surface area (TPSA) is 69.6 Å². The second kappa shape index (κ2) is 3.45. The highest BCUT2D eigenvalue weighted by Crippen LogP contribution is 2.08. The van der Waals surface area contributed by atoms with Gasteiger partial charge in [0.05, 0.1) is 0 Å². The summed E-state index contributed by atoms with van der Waals surface area (Å²) in [5.41, 5.74) is 5.66. The van der Waals surface area contributed by atoms with E-state index < -0.39 is 0 Å². The summed E-state index contributed by atoms with van der Waals surface area (Å²) in [5.74, 6) is 1.99. The number of aryl methyl sites for hydroxylation is 1. The first-order chi connectivity index (χ1) is 6.79. The van der Waals surface area contributed by atoms with Crippen molar-refractivity contribution in [2.45, 2.75) is 13.3 Å². The molecule has 0 aliphatic rings. The van der Waals surface area contributed by atoms with E-state index in [0.717, 1.165) is 18.1 Å². The Morgan fingerprint density at radius 1 is 1.43 bits per heavy atom. The number of imidazole rings is 1. The van der Waals surface area contributed by atoms with E-state index in [0.29, 0.717) is 5.82 Å². The van der Waals surface area contributed by atoms with Crippen LogP contribution in [0.2, 0.25) is 0 Å². The van der Waals surface area contributed by atoms with Crippen molar-refractivity contribution in [3.63, 3.8) is 0 Å². The molecule has 2 heterocycles. The number of nitrogens with two attached hydrogens (primary N) is 1. The zero-order chi connectivity index (χ0) is 9.97. The molecule has 0 saturated heterocycles. The van der Waals surface area contributed by atoms with Gasteiger partial charge < -0.3 is 5.73 Å². The van der Waals surface area contributed by atoms with Gasteiger partial charge in [-0.25, -0.2) is 15.0 Å². The van der Waals surface area contributed by atoms with E-state index in [-0.39, 0.29) is 0 Å². The molecule has 0 aliphatic carbocycles. The Labute approximate surface area is 81.6 Å². The Morgan fingerprint density at radius 2 is 2.29 bits per heavy atom. The third-order valence-electron chi connectivity index (χ3n) is 1.86. The maximum Gasteiger partial charge on any atom is 0.143 e. The SMILES string of the molecule is CCc1nc(N)cc(-n2ccnc2)n1. The molecule has 0 fully saturated rings. The number of hydrogen-bond acceptors (Lipinski definition) is 4. The minimum Gasteiger partial charge on any atom is -0.384 e. The monoisotopic (exact) mass is 189 g/mol. The maximum absolute atomic E-state index is 5.66. The Bertz CT molecular complexity index is 421. The summed E-state index contributed by atoms with van der Waals surface area (Å²) in [6, 6.07) is 1.72. The van der Waals surface area contributed by atoms with Gasteiger partial charge in [-0.05, 0) is 0 Å². The van der Waals surface area contributed by atoms with Crippen molar-refractivity contribution in [1.82, 2.24) is 19.5 Å². The van der Waals surface area contributed by atoms with Crippen LogP contribution in [0.5, 0.6) is 0 Å². The molecule has 72 valence electrons. The number of aromatic nitrogens is 4. The van der Waals surface area contributed by atoms with E-state index in [9.17, 15) is 0 Å². The first-order valence-electron chi connectivity index (χ1n) is 4.41. The van der Waals surface area contributed by atoms with Crippen LogP contribution in [0.1, 0.15) is 12.7 Å². The van der Waals surface area contributed by atoms with E-state index in [1.54, 1.807) is 23.2 Å². The zero-order valence-electron chi connectivity index (χ0n) is 7.88. The molecule has 5 heteroatoms. The fourth-order valence-corrected chi connectivity index (χ4v) is 1.19. The molecule has 0 bridgehead atoms. The summed E-state index contributed by atoms with van der Waals surface area (Å²) < 4.78 is 1.80. The predicted molar refractivity (Wildman–Crippen MR) is 52.9 cm³/mol. The minimum atomic E-state index is 0.487. The molecule has 0 spiro atoms. The van der Waals surface area contributed by atoms with Crippen LogP contribution in [-0.4, -0.2) is 19.5 Å². The van der Waals surface area contributed by atoms with Gasteiger partial charge in [-0.15, -0.1) is 0 Å². The molecular formula is C9H11N5. The summed E-state index contributed by atoms with van der Waals surface area (Å²) in [4.78, 5) is 12.4. The molecule has 0 atom stereocenters. The van der Waals surface area contributed by atoms with Gasteiger partial charge in [0.25, 0.3) is 0 Å². The maximum atomic E-state index is 5.66. The molecule has 0 saturated carbocycles. The molecule has 0 unspecified atom stereocenters. The molecule has 2 aromatic rings. The van der Waals surface area contributed by atoms with E-state index in [4.69, 9.17) is 5.73 Å². The molecule has 0 aromatic carbocycles. The molecule has 0 aliphatic heterocycles. The lowest BCUT2D eigenvalue weighted by Gasteiger charge is -2.04. The molecule has 0 radical (unpaired) electrons. The van der Waals surface area contributed by atoms with E-state index in [1.165, 1.54) is 0 Å². The van der Waals surface area contributed by atoms with Gasteiger partial charge in [-0.3, -0.25) is 4.57 Å². The van der Waals surface area contributed by atoms with Gasteiger partial charge in [-0.1, -0.05) is 6.92 Å². The van der Waals surface area contributed by atoms with Crippen molar-refractivity contribution in [2.75, 3.05) is 5.73 Å². The molecule has 2 N–H and O–H groups in total. The van der Waals surface area contributed by atoms with Crippen molar-refractivity contribution >= 4 is 5.82 Å². The number of nitrogen functional groups attached to an aromatic ring is 1. The number of hydrogen-bond donors (Lipinski definition) is 1. The normalized spacial score (nSPS) is 10.4. The quantitative estimate of drug-likeness (QED) is 0.758. The Balaban J connectivity index is 2.48. The lowest BCUT2D eigenvalue weighted by Crippen LogP contribution is -2.03. The number of rotatable bonds is 2. The summed E-state index contributed by atoms with van der Waals surface area (Å²) >= 11 is 0. The van der Waals surface area contributed by atoms with Crippen LogP contribution in [0.25, 0.3) is 5.82 Å². The van der Waals surface area contributed by atoms with Crippen molar-refractivity contribution in [3.8, 4) is 5.82 Å². The van der Waals surface area contributed by atoms with Crippen LogP contribution < -0.4 is 5.73 Å². The minimum absolute atomic E-state index is 0.487. The second-order valence-corrected chi connectivity index (χ2v) is 2.89.